The Kier molecular flexibility index (Phi) is 3.65. The predicted molar refractivity (Wildman–Crippen MR) is 55.2 cm³/mol. The zero-order valence-corrected chi connectivity index (χ0v) is 8.45. The van der Waals surface area contributed by atoms with E-state index in [9.17, 15) is 4.79 Å². The number of carbonyl (C=O) groups is 1. The van der Waals surface area contributed by atoms with Crippen LogP contribution in [-0.4, -0.2) is 17.6 Å². The first kappa shape index (κ1) is 10.7. The second-order valence-electron chi connectivity index (χ2n) is 3.41. The van der Waals surface area contributed by atoms with Gasteiger partial charge in [-0.25, -0.2) is 0 Å². The van der Waals surface area contributed by atoms with Crippen LogP contribution in [0.2, 0.25) is 0 Å². The van der Waals surface area contributed by atoms with Crippen LogP contribution in [0.3, 0.4) is 0 Å². The molecule has 14 heavy (non-hydrogen) atoms. The smallest absolute Gasteiger partial charge is 0.317 e. The highest BCUT2D eigenvalue weighted by Gasteiger charge is 2.05. The molecule has 0 unspecified atom stereocenters. The summed E-state index contributed by atoms with van der Waals surface area (Å²) in [6.45, 7) is 3.97. The molecule has 1 aromatic rings. The van der Waals surface area contributed by atoms with Gasteiger partial charge in [0.1, 0.15) is 0 Å². The number of hydrogen-bond acceptors (Lipinski definition) is 2. The first-order valence-corrected chi connectivity index (χ1v) is 4.61. The standard InChI is InChI=1S/C11H15NO2/c1-8-3-5-10(6-4-8)9(2)12-7-11(13)14/h3-6,9,12H,7H2,1-2H3,(H,13,14)/t9-/m0/s1. The van der Waals surface area contributed by atoms with Crippen molar-refractivity contribution in [2.75, 3.05) is 6.54 Å². The molecule has 0 aromatic heterocycles. The van der Waals surface area contributed by atoms with Crippen LogP contribution in [0.4, 0.5) is 0 Å². The molecular weight excluding hydrogens is 178 g/mol. The van der Waals surface area contributed by atoms with Crippen molar-refractivity contribution in [2.24, 2.45) is 0 Å². The Morgan fingerprint density at radius 1 is 1.43 bits per heavy atom. The maximum atomic E-state index is 10.3. The van der Waals surface area contributed by atoms with Gasteiger partial charge in [0.25, 0.3) is 0 Å². The number of aliphatic carboxylic acids is 1. The van der Waals surface area contributed by atoms with Gasteiger partial charge >= 0.3 is 5.97 Å². The Bertz CT molecular complexity index is 306. The molecule has 0 saturated carbocycles. The van der Waals surface area contributed by atoms with E-state index in [1.807, 2.05) is 38.1 Å². The highest BCUT2D eigenvalue weighted by molar-refractivity contribution is 5.69. The van der Waals surface area contributed by atoms with E-state index in [4.69, 9.17) is 5.11 Å². The van der Waals surface area contributed by atoms with Crippen molar-refractivity contribution in [3.8, 4) is 0 Å². The van der Waals surface area contributed by atoms with Gasteiger partial charge in [-0.05, 0) is 19.4 Å². The second-order valence-corrected chi connectivity index (χ2v) is 3.41. The molecule has 1 atom stereocenters. The third kappa shape index (κ3) is 3.18. The minimum absolute atomic E-state index is 0.00492. The monoisotopic (exact) mass is 193 g/mol. The SMILES string of the molecule is Cc1ccc([C@H](C)NCC(=O)O)cc1. The summed E-state index contributed by atoms with van der Waals surface area (Å²) in [6.07, 6.45) is 0. The first-order chi connectivity index (χ1) is 6.59. The van der Waals surface area contributed by atoms with E-state index in [0.717, 1.165) is 5.56 Å². The largest absolute Gasteiger partial charge is 0.480 e. The number of nitrogens with one attached hydrogen (secondary N) is 1. The summed E-state index contributed by atoms with van der Waals surface area (Å²) in [5.41, 5.74) is 2.32. The van der Waals surface area contributed by atoms with E-state index in [2.05, 4.69) is 5.32 Å². The van der Waals surface area contributed by atoms with Crippen molar-refractivity contribution in [1.82, 2.24) is 5.32 Å². The van der Waals surface area contributed by atoms with Crippen molar-refractivity contribution >= 4 is 5.97 Å². The zero-order valence-electron chi connectivity index (χ0n) is 8.45. The predicted octanol–water partition coefficient (Wildman–Crippen LogP) is 1.73. The van der Waals surface area contributed by atoms with Crippen molar-refractivity contribution < 1.29 is 9.90 Å². The molecule has 1 rings (SSSR count). The van der Waals surface area contributed by atoms with Crippen LogP contribution in [0.5, 0.6) is 0 Å². The molecule has 2 N–H and O–H groups in total. The molecule has 0 radical (unpaired) electrons. The molecule has 0 aliphatic rings. The van der Waals surface area contributed by atoms with Crippen LogP contribution in [0.1, 0.15) is 24.1 Å². The average molecular weight is 193 g/mol. The van der Waals surface area contributed by atoms with Gasteiger partial charge in [-0.15, -0.1) is 0 Å². The van der Waals surface area contributed by atoms with Gasteiger partial charge in [0.05, 0.1) is 6.54 Å². The molecular formula is C11H15NO2. The summed E-state index contributed by atoms with van der Waals surface area (Å²) >= 11 is 0. The molecule has 3 nitrogen and oxygen atoms in total. The van der Waals surface area contributed by atoms with Crippen molar-refractivity contribution in [1.29, 1.82) is 0 Å². The fraction of sp³-hybridized carbons (Fsp3) is 0.364. The average Bonchev–Trinajstić information content (AvgIpc) is 2.15. The molecule has 0 saturated heterocycles. The van der Waals surface area contributed by atoms with Crippen LogP contribution in [-0.2, 0) is 4.79 Å². The van der Waals surface area contributed by atoms with Gasteiger partial charge in [0, 0.05) is 6.04 Å². The van der Waals surface area contributed by atoms with Gasteiger partial charge in [0.2, 0.25) is 0 Å². The van der Waals surface area contributed by atoms with Gasteiger partial charge in [0.15, 0.2) is 0 Å². The summed E-state index contributed by atoms with van der Waals surface area (Å²) in [5, 5.41) is 11.4. The van der Waals surface area contributed by atoms with E-state index in [1.54, 1.807) is 0 Å². The maximum absolute atomic E-state index is 10.3. The van der Waals surface area contributed by atoms with Crippen LogP contribution in [0, 0.1) is 6.92 Å². The summed E-state index contributed by atoms with van der Waals surface area (Å²) in [5.74, 6) is -0.830. The summed E-state index contributed by atoms with van der Waals surface area (Å²) < 4.78 is 0. The van der Waals surface area contributed by atoms with Crippen LogP contribution < -0.4 is 5.32 Å². The first-order valence-electron chi connectivity index (χ1n) is 4.61. The zero-order chi connectivity index (χ0) is 10.6. The highest BCUT2D eigenvalue weighted by Crippen LogP contribution is 2.12. The minimum Gasteiger partial charge on any atom is -0.480 e. The van der Waals surface area contributed by atoms with Crippen molar-refractivity contribution in [3.63, 3.8) is 0 Å². The number of carboxylic acids is 1. The number of rotatable bonds is 4. The topological polar surface area (TPSA) is 49.3 Å². The van der Waals surface area contributed by atoms with Crippen molar-refractivity contribution in [3.05, 3.63) is 35.4 Å². The Morgan fingerprint density at radius 2 is 2.00 bits per heavy atom. The number of carboxylic acid groups (broad SMARTS) is 1. The third-order valence-corrected chi connectivity index (χ3v) is 2.14. The molecule has 0 spiro atoms. The Hall–Kier alpha value is -1.35. The van der Waals surface area contributed by atoms with Crippen LogP contribution in [0.15, 0.2) is 24.3 Å². The number of hydrogen-bond donors (Lipinski definition) is 2. The fourth-order valence-corrected chi connectivity index (χ4v) is 1.21. The lowest BCUT2D eigenvalue weighted by molar-refractivity contribution is -0.136. The molecule has 1 aromatic carbocycles. The van der Waals surface area contributed by atoms with Crippen LogP contribution in [0.25, 0.3) is 0 Å². The summed E-state index contributed by atoms with van der Waals surface area (Å²) in [6, 6.07) is 8.14. The Morgan fingerprint density at radius 3 is 2.50 bits per heavy atom. The molecule has 0 heterocycles. The fourth-order valence-electron chi connectivity index (χ4n) is 1.21. The lowest BCUT2D eigenvalue weighted by Gasteiger charge is -2.12. The number of benzene rings is 1. The quantitative estimate of drug-likeness (QED) is 0.765. The summed E-state index contributed by atoms with van der Waals surface area (Å²) in [7, 11) is 0. The molecule has 0 fully saturated rings. The molecule has 3 heteroatoms. The van der Waals surface area contributed by atoms with E-state index in [-0.39, 0.29) is 12.6 Å². The molecule has 76 valence electrons. The van der Waals surface area contributed by atoms with Gasteiger partial charge in [-0.2, -0.15) is 0 Å². The minimum atomic E-state index is -0.830. The van der Waals surface area contributed by atoms with Gasteiger partial charge in [-0.3, -0.25) is 4.79 Å². The summed E-state index contributed by atoms with van der Waals surface area (Å²) in [4.78, 5) is 10.3. The highest BCUT2D eigenvalue weighted by atomic mass is 16.4. The third-order valence-electron chi connectivity index (χ3n) is 2.14. The maximum Gasteiger partial charge on any atom is 0.317 e. The van der Waals surface area contributed by atoms with Gasteiger partial charge < -0.3 is 10.4 Å². The number of aryl methyl sites for hydroxylation is 1. The van der Waals surface area contributed by atoms with E-state index in [1.165, 1.54) is 5.56 Å². The molecule has 0 bridgehead atoms. The van der Waals surface area contributed by atoms with E-state index < -0.39 is 5.97 Å². The molecule has 0 aliphatic carbocycles. The lowest BCUT2D eigenvalue weighted by Crippen LogP contribution is -2.25. The molecule has 0 aliphatic heterocycles. The van der Waals surface area contributed by atoms with Crippen LogP contribution >= 0.6 is 0 Å². The van der Waals surface area contributed by atoms with E-state index >= 15 is 0 Å². The molecule has 0 amide bonds. The Labute approximate surface area is 83.8 Å². The second kappa shape index (κ2) is 4.77. The van der Waals surface area contributed by atoms with Crippen molar-refractivity contribution in [2.45, 2.75) is 19.9 Å². The van der Waals surface area contributed by atoms with E-state index in [0.29, 0.717) is 0 Å². The lowest BCUT2D eigenvalue weighted by atomic mass is 10.1. The Balaban J connectivity index is 2.56. The van der Waals surface area contributed by atoms with Gasteiger partial charge in [-0.1, -0.05) is 29.8 Å². The normalized spacial score (nSPS) is 12.4.